The van der Waals surface area contributed by atoms with E-state index in [9.17, 15) is 0 Å². The van der Waals surface area contributed by atoms with Gasteiger partial charge in [0, 0.05) is 99.1 Å². The van der Waals surface area contributed by atoms with Crippen molar-refractivity contribution in [1.29, 1.82) is 0 Å². The van der Waals surface area contributed by atoms with Crippen molar-refractivity contribution in [2.45, 2.75) is 16.2 Å². The van der Waals surface area contributed by atoms with Crippen molar-refractivity contribution in [1.82, 2.24) is 44.9 Å². The fourth-order valence-corrected chi connectivity index (χ4v) is 25.5. The van der Waals surface area contributed by atoms with Crippen molar-refractivity contribution in [3.05, 3.63) is 558 Å². The van der Waals surface area contributed by atoms with Gasteiger partial charge in [-0.05, 0) is 171 Å². The Morgan fingerprint density at radius 2 is 0.367 bits per heavy atom. The summed E-state index contributed by atoms with van der Waals surface area (Å²) in [5.74, 6) is 5.78. The third-order valence-electron chi connectivity index (χ3n) is 31.6. The fourth-order valence-electron chi connectivity index (χ4n) is 25.5. The van der Waals surface area contributed by atoms with Crippen molar-refractivity contribution >= 4 is 65.8 Å². The van der Waals surface area contributed by atoms with Gasteiger partial charge < -0.3 is 13.3 Å². The van der Waals surface area contributed by atoms with Crippen LogP contribution in [0.5, 0.6) is 0 Å². The maximum Gasteiger partial charge on any atom is 0.164 e. The molecule has 33 rings (SSSR count). The Labute approximate surface area is 861 Å². The number of fused-ring (bicyclic) bond motifs is 42. The molecule has 0 N–H and O–H groups in total. The molecule has 6 aliphatic carbocycles. The number of aromatic nitrogens is 9. The number of hydrogen-bond acceptors (Lipinski definition) is 12. The van der Waals surface area contributed by atoms with Gasteiger partial charge in [-0.25, -0.2) is 44.9 Å². The van der Waals surface area contributed by atoms with E-state index in [2.05, 4.69) is 322 Å². The maximum absolute atomic E-state index is 6.97. The highest BCUT2D eigenvalue weighted by molar-refractivity contribution is 6.16. The summed E-state index contributed by atoms with van der Waals surface area (Å²) in [4.78, 5) is 45.5. The van der Waals surface area contributed by atoms with Crippen molar-refractivity contribution in [2.75, 3.05) is 0 Å². The molecule has 0 aliphatic heterocycles. The van der Waals surface area contributed by atoms with Gasteiger partial charge in [0.2, 0.25) is 0 Å². The zero-order valence-electron chi connectivity index (χ0n) is 80.5. The molecule has 6 heterocycles. The Hall–Kier alpha value is -20.0. The van der Waals surface area contributed by atoms with Crippen LogP contribution in [0.1, 0.15) is 66.8 Å². The minimum atomic E-state index is -0.598. The summed E-state index contributed by atoms with van der Waals surface area (Å²) < 4.78 is 20.7. The van der Waals surface area contributed by atoms with E-state index in [0.717, 1.165) is 121 Å². The fraction of sp³-hybridized carbons (Fsp3) is 0.0217. The molecular formula is C138H81N9O3. The molecule has 3 spiro atoms. The van der Waals surface area contributed by atoms with Crippen LogP contribution in [0.2, 0.25) is 0 Å². The topological polar surface area (TPSA) is 155 Å². The molecular weight excluding hydrogens is 1830 g/mol. The number of nitrogens with zero attached hydrogens (tertiary/aromatic N) is 9. The second kappa shape index (κ2) is 33.0. The Kier molecular flexibility index (Phi) is 18.6. The van der Waals surface area contributed by atoms with E-state index in [0.29, 0.717) is 52.4 Å². The lowest BCUT2D eigenvalue weighted by Crippen LogP contribution is -2.26. The monoisotopic (exact) mass is 1910 g/mol. The minimum Gasteiger partial charge on any atom is -0.456 e. The Balaban J connectivity index is 0.000000101. The predicted molar refractivity (Wildman–Crippen MR) is 599 cm³/mol. The number of benzene rings is 21. The van der Waals surface area contributed by atoms with Gasteiger partial charge in [0.05, 0.1) is 16.2 Å². The van der Waals surface area contributed by atoms with Gasteiger partial charge in [0.15, 0.2) is 52.4 Å². The normalized spacial score (nSPS) is 14.6. The van der Waals surface area contributed by atoms with E-state index in [1.807, 2.05) is 170 Å². The lowest BCUT2D eigenvalue weighted by Gasteiger charge is -2.30. The van der Waals surface area contributed by atoms with Gasteiger partial charge in [0.25, 0.3) is 0 Å². The zero-order chi connectivity index (χ0) is 98.4. The van der Waals surface area contributed by atoms with Crippen molar-refractivity contribution in [3.8, 4) is 169 Å². The van der Waals surface area contributed by atoms with Crippen LogP contribution < -0.4 is 0 Å². The number of rotatable bonds is 9. The summed E-state index contributed by atoms with van der Waals surface area (Å²) in [5, 5.41) is 6.63. The summed E-state index contributed by atoms with van der Waals surface area (Å²) in [6, 6.07) is 173. The molecule has 0 radical (unpaired) electrons. The average molecular weight is 1910 g/mol. The lowest BCUT2D eigenvalue weighted by atomic mass is 9.70. The zero-order valence-corrected chi connectivity index (χ0v) is 80.5. The molecule has 0 fully saturated rings. The molecule has 0 bridgehead atoms. The molecule has 0 amide bonds. The molecule has 27 aromatic rings. The first kappa shape index (κ1) is 84.6. The van der Waals surface area contributed by atoms with Crippen LogP contribution in [0.25, 0.3) is 235 Å². The van der Waals surface area contributed by atoms with Crippen LogP contribution in [0.4, 0.5) is 0 Å². The second-order valence-electron chi connectivity index (χ2n) is 39.3. The van der Waals surface area contributed by atoms with E-state index in [1.165, 1.54) is 128 Å². The highest BCUT2D eigenvalue weighted by Crippen LogP contribution is 2.70. The number of para-hydroxylation sites is 2. The molecule has 6 aromatic heterocycles. The number of furan rings is 3. The summed E-state index contributed by atoms with van der Waals surface area (Å²) in [5.41, 5.74) is 41.8. The Morgan fingerprint density at radius 1 is 0.133 bits per heavy atom. The summed E-state index contributed by atoms with van der Waals surface area (Å²) in [6.45, 7) is 0. The molecule has 12 nitrogen and oxygen atoms in total. The maximum atomic E-state index is 6.97. The Morgan fingerprint density at radius 3 is 0.727 bits per heavy atom. The minimum absolute atomic E-state index is 0.487. The predicted octanol–water partition coefficient (Wildman–Crippen LogP) is 33.3. The van der Waals surface area contributed by atoms with E-state index >= 15 is 0 Å². The summed E-state index contributed by atoms with van der Waals surface area (Å²) >= 11 is 0. The van der Waals surface area contributed by atoms with Crippen molar-refractivity contribution < 1.29 is 13.3 Å². The molecule has 0 saturated carbocycles. The highest BCUT2D eigenvalue weighted by Gasteiger charge is 2.58. The van der Waals surface area contributed by atoms with Crippen LogP contribution in [0, 0.1) is 0 Å². The van der Waals surface area contributed by atoms with E-state index in [1.54, 1.807) is 0 Å². The van der Waals surface area contributed by atoms with Gasteiger partial charge in [-0.3, -0.25) is 0 Å². The standard InChI is InChI=1S/3C46H27N3O/c1-3-14-28(15-4-1)43-47-44(29-16-5-2-6-17-29)49-45(48-43)35-21-13-24-38-40(35)34-20-8-11-23-37(34)46(38)36-22-10-7-18-30(36)32-26-27-33-31-19-9-12-25-39(31)50-42(33)41(32)46;1-3-13-28(14-4-1)43-47-44(29-15-5-2-6-16-29)49-45(48-43)30-23-26-40-36(27-30)35-25-24-34-33-19-9-12-22-39(33)46(41(34)42(35)50-40)37-20-10-7-17-31(37)32-18-8-11-21-38(32)46;1-3-13-28(14-4-1)43-47-44(29-15-5-2-6-16-29)49-45(48-43)30-23-24-33-31-17-7-10-20-37(31)46(39(33)27-30)38-21-11-8-18-32(38)35-25-26-36-34-19-9-12-22-40(34)50-42(36)41(35)46/h3*1-27H. The van der Waals surface area contributed by atoms with Gasteiger partial charge in [0.1, 0.15) is 33.5 Å². The molecule has 0 saturated heterocycles. The third kappa shape index (κ3) is 12.3. The van der Waals surface area contributed by atoms with Crippen LogP contribution >= 0.6 is 0 Å². The molecule has 12 heteroatoms. The van der Waals surface area contributed by atoms with Crippen LogP contribution in [-0.2, 0) is 16.2 Å². The van der Waals surface area contributed by atoms with Gasteiger partial charge in [-0.2, -0.15) is 0 Å². The van der Waals surface area contributed by atoms with Crippen LogP contribution in [0.3, 0.4) is 0 Å². The van der Waals surface area contributed by atoms with Crippen molar-refractivity contribution in [3.63, 3.8) is 0 Å². The molecule has 2 atom stereocenters. The molecule has 2 unspecified atom stereocenters. The van der Waals surface area contributed by atoms with Crippen molar-refractivity contribution in [2.24, 2.45) is 0 Å². The van der Waals surface area contributed by atoms with E-state index in [-0.39, 0.29) is 0 Å². The first-order chi connectivity index (χ1) is 74.4. The number of hydrogen-bond donors (Lipinski definition) is 0. The SMILES string of the molecule is c1ccc(-c2nc(-c3ccccc3)nc(-c3ccc4c(c3)C3(c5ccccc5-4)c4ccccc4-c4ccc5c(oc6ccccc65)c43)n2)cc1.c1ccc(-c2nc(-c3ccccc3)nc(-c3ccc4oc5c6c(ccc5c4c3)-c3ccccc3C63c4ccccc4-c4ccccc43)n2)cc1.c1ccc(-c2nc(-c3ccccc3)nc(-c3cccc4c3-c3ccccc3C43c4ccccc4-c4ccc5c(oc6ccccc65)c43)n2)cc1. The quantitative estimate of drug-likeness (QED) is 0.135. The van der Waals surface area contributed by atoms with Gasteiger partial charge in [-0.15, -0.1) is 0 Å². The van der Waals surface area contributed by atoms with Crippen LogP contribution in [-0.4, -0.2) is 44.9 Å². The molecule has 21 aromatic carbocycles. The first-order valence-corrected chi connectivity index (χ1v) is 50.9. The third-order valence-corrected chi connectivity index (χ3v) is 31.6. The molecule has 150 heavy (non-hydrogen) atoms. The molecule has 6 aliphatic rings. The average Bonchev–Trinajstić information content (AvgIpc) is 1.50. The lowest BCUT2D eigenvalue weighted by molar-refractivity contribution is 0.652. The van der Waals surface area contributed by atoms with E-state index in [4.69, 9.17) is 58.1 Å². The molecule has 696 valence electrons. The van der Waals surface area contributed by atoms with Gasteiger partial charge >= 0.3 is 0 Å². The summed E-state index contributed by atoms with van der Waals surface area (Å²) in [6.07, 6.45) is 0. The highest BCUT2D eigenvalue weighted by atomic mass is 16.3. The van der Waals surface area contributed by atoms with Crippen LogP contribution in [0.15, 0.2) is 505 Å². The largest absolute Gasteiger partial charge is 0.456 e. The Bertz CT molecular complexity index is 9900. The smallest absolute Gasteiger partial charge is 0.164 e. The second-order valence-corrected chi connectivity index (χ2v) is 39.3. The summed E-state index contributed by atoms with van der Waals surface area (Å²) in [7, 11) is 0. The first-order valence-electron chi connectivity index (χ1n) is 50.9. The van der Waals surface area contributed by atoms with Gasteiger partial charge in [-0.1, -0.05) is 437 Å². The van der Waals surface area contributed by atoms with E-state index < -0.39 is 16.2 Å².